The lowest BCUT2D eigenvalue weighted by molar-refractivity contribution is 0.327. The standard InChI is InChI=1S/C31H20N6O2S2/c1-2-9-20-19(8-1)18-39-29(20)31-21(25-14-7-17-38-25)10-5-16-27(31)41-37(24-13-6-15-26-28(24)34-35-40-26)36(31)30-32-22-11-3-4-12-23(22)33-30/h1-18,21H,(H,32,33). The predicted molar refractivity (Wildman–Crippen MR) is 163 cm³/mol. The van der Waals surface area contributed by atoms with E-state index in [1.54, 1.807) is 18.2 Å². The fourth-order valence-electron chi connectivity index (χ4n) is 6.09. The van der Waals surface area contributed by atoms with Crippen molar-refractivity contribution in [1.29, 1.82) is 0 Å². The maximum Gasteiger partial charge on any atom is 0.225 e. The van der Waals surface area contributed by atoms with Crippen molar-refractivity contribution in [3.8, 4) is 0 Å². The zero-order valence-electron chi connectivity index (χ0n) is 21.3. The number of hydrogen-bond acceptors (Lipinski definition) is 9. The predicted octanol–water partition coefficient (Wildman–Crippen LogP) is 7.93. The lowest BCUT2D eigenvalue weighted by Gasteiger charge is -2.43. The number of furan rings is 2. The van der Waals surface area contributed by atoms with Gasteiger partial charge in [0.25, 0.3) is 0 Å². The molecule has 4 aromatic heterocycles. The van der Waals surface area contributed by atoms with Gasteiger partial charge in [0.2, 0.25) is 5.95 Å². The van der Waals surface area contributed by atoms with Crippen LogP contribution in [0.15, 0.2) is 123 Å². The molecule has 0 spiro atoms. The molecule has 2 atom stereocenters. The normalized spacial score (nSPS) is 20.4. The number of hydrazine groups is 1. The van der Waals surface area contributed by atoms with Crippen LogP contribution in [0.5, 0.6) is 0 Å². The lowest BCUT2D eigenvalue weighted by Crippen LogP contribution is -2.52. The summed E-state index contributed by atoms with van der Waals surface area (Å²) in [5, 5.41) is 8.82. The van der Waals surface area contributed by atoms with Crippen molar-refractivity contribution in [1.82, 2.24) is 19.6 Å². The van der Waals surface area contributed by atoms with Gasteiger partial charge in [-0.05, 0) is 54.0 Å². The molecule has 0 amide bonds. The van der Waals surface area contributed by atoms with Gasteiger partial charge < -0.3 is 13.8 Å². The number of benzene rings is 3. The van der Waals surface area contributed by atoms with Crippen LogP contribution in [0.1, 0.15) is 17.4 Å². The smallest absolute Gasteiger partial charge is 0.225 e. The number of anilines is 2. The van der Waals surface area contributed by atoms with Crippen molar-refractivity contribution in [2.24, 2.45) is 0 Å². The summed E-state index contributed by atoms with van der Waals surface area (Å²) in [5.74, 6) is 2.06. The Morgan fingerprint density at radius 3 is 2.78 bits per heavy atom. The highest BCUT2D eigenvalue weighted by molar-refractivity contribution is 8.04. The molecule has 1 saturated heterocycles. The van der Waals surface area contributed by atoms with Crippen LogP contribution in [0.3, 0.4) is 0 Å². The van der Waals surface area contributed by atoms with E-state index in [0.717, 1.165) is 54.1 Å². The van der Waals surface area contributed by atoms with E-state index >= 15 is 0 Å². The summed E-state index contributed by atoms with van der Waals surface area (Å²) >= 11 is 3.01. The third kappa shape index (κ3) is 3.14. The number of aromatic nitrogens is 4. The van der Waals surface area contributed by atoms with E-state index in [-0.39, 0.29) is 5.92 Å². The van der Waals surface area contributed by atoms with Crippen LogP contribution < -0.4 is 9.42 Å². The Morgan fingerprint density at radius 1 is 0.927 bits per heavy atom. The third-order valence-corrected chi connectivity index (χ3v) is 9.69. The highest BCUT2D eigenvalue weighted by Crippen LogP contribution is 2.63. The van der Waals surface area contributed by atoms with Crippen LogP contribution in [0.2, 0.25) is 0 Å². The molecule has 9 rings (SSSR count). The van der Waals surface area contributed by atoms with Crippen LogP contribution in [0, 0.1) is 0 Å². The summed E-state index contributed by atoms with van der Waals surface area (Å²) in [7, 11) is 0. The van der Waals surface area contributed by atoms with Crippen LogP contribution in [-0.4, -0.2) is 19.6 Å². The summed E-state index contributed by atoms with van der Waals surface area (Å²) in [6.45, 7) is 0. The average Bonchev–Trinajstić information content (AvgIpc) is 3.84. The Hall–Kier alpha value is -4.80. The Balaban J connectivity index is 1.40. The van der Waals surface area contributed by atoms with Gasteiger partial charge in [0, 0.05) is 27.6 Å². The minimum atomic E-state index is -0.875. The number of hydrogen-bond donors (Lipinski definition) is 1. The molecule has 0 bridgehead atoms. The minimum absolute atomic E-state index is 0.245. The second-order valence-electron chi connectivity index (χ2n) is 9.98. The molecule has 1 aliphatic carbocycles. The highest BCUT2D eigenvalue weighted by Gasteiger charge is 2.62. The molecule has 3 aromatic carbocycles. The number of nitrogens with one attached hydrogen (secondary N) is 1. The quantitative estimate of drug-likeness (QED) is 0.213. The Bertz CT molecular complexity index is 2110. The first kappa shape index (κ1) is 23.0. The van der Waals surface area contributed by atoms with E-state index in [4.69, 9.17) is 13.8 Å². The van der Waals surface area contributed by atoms with E-state index in [2.05, 4.69) is 66.5 Å². The van der Waals surface area contributed by atoms with Gasteiger partial charge >= 0.3 is 0 Å². The second kappa shape index (κ2) is 8.60. The molecule has 8 nitrogen and oxygen atoms in total. The molecule has 2 aliphatic rings. The summed E-state index contributed by atoms with van der Waals surface area (Å²) in [6.07, 6.45) is 10.0. The highest BCUT2D eigenvalue weighted by atomic mass is 32.2. The molecule has 1 fully saturated rings. The fraction of sp³-hybridized carbons (Fsp3) is 0.0645. The molecule has 10 heteroatoms. The molecule has 7 aromatic rings. The van der Waals surface area contributed by atoms with Crippen molar-refractivity contribution in [2.75, 3.05) is 9.42 Å². The SMILES string of the molecule is C1=CC(c2ccco2)C2(c3occ4ccccc34)C(=C1)SN(c1cccc3snnc13)N2c1nc2ccccc2[nH]1. The maximum atomic E-state index is 6.60. The third-order valence-electron chi connectivity index (χ3n) is 7.82. The zero-order chi connectivity index (χ0) is 27.0. The molecule has 1 aliphatic heterocycles. The zero-order valence-corrected chi connectivity index (χ0v) is 23.0. The van der Waals surface area contributed by atoms with Crippen molar-refractivity contribution in [3.63, 3.8) is 0 Å². The van der Waals surface area contributed by atoms with Gasteiger partial charge in [-0.1, -0.05) is 59.1 Å². The molecular weight excluding hydrogens is 553 g/mol. The van der Waals surface area contributed by atoms with Crippen LogP contribution >= 0.6 is 23.5 Å². The number of rotatable bonds is 4. The minimum Gasteiger partial charge on any atom is -0.469 e. The van der Waals surface area contributed by atoms with Crippen LogP contribution in [0.25, 0.3) is 32.0 Å². The molecule has 0 radical (unpaired) electrons. The first-order chi connectivity index (χ1) is 20.3. The first-order valence-electron chi connectivity index (χ1n) is 13.2. The number of fused-ring (bicyclic) bond motifs is 4. The van der Waals surface area contributed by atoms with E-state index in [0.29, 0.717) is 5.95 Å². The van der Waals surface area contributed by atoms with E-state index in [1.807, 2.05) is 60.9 Å². The summed E-state index contributed by atoms with van der Waals surface area (Å²) in [6, 6.07) is 26.5. The van der Waals surface area contributed by atoms with Gasteiger partial charge in [-0.2, -0.15) is 0 Å². The van der Waals surface area contributed by atoms with Gasteiger partial charge in [0.1, 0.15) is 17.0 Å². The van der Waals surface area contributed by atoms with Gasteiger partial charge in [-0.15, -0.1) is 5.10 Å². The molecule has 1 N–H and O–H groups in total. The van der Waals surface area contributed by atoms with Crippen molar-refractivity contribution < 1.29 is 8.83 Å². The summed E-state index contributed by atoms with van der Waals surface area (Å²) in [4.78, 5) is 9.83. The van der Waals surface area contributed by atoms with Crippen molar-refractivity contribution in [2.45, 2.75) is 11.5 Å². The van der Waals surface area contributed by atoms with Gasteiger partial charge in [-0.25, -0.2) is 14.4 Å². The molecule has 0 saturated carbocycles. The van der Waals surface area contributed by atoms with Crippen molar-refractivity contribution in [3.05, 3.63) is 126 Å². The van der Waals surface area contributed by atoms with E-state index < -0.39 is 5.54 Å². The summed E-state index contributed by atoms with van der Waals surface area (Å²) in [5.41, 5.74) is 2.68. The van der Waals surface area contributed by atoms with Gasteiger partial charge in [0.05, 0.1) is 39.9 Å². The van der Waals surface area contributed by atoms with Crippen LogP contribution in [-0.2, 0) is 5.54 Å². The maximum absolute atomic E-state index is 6.60. The van der Waals surface area contributed by atoms with Crippen LogP contribution in [0.4, 0.5) is 11.6 Å². The average molecular weight is 573 g/mol. The number of allylic oxidation sites excluding steroid dienone is 2. The van der Waals surface area contributed by atoms with Gasteiger partial charge in [-0.3, -0.25) is 0 Å². The monoisotopic (exact) mass is 572 g/mol. The van der Waals surface area contributed by atoms with E-state index in [9.17, 15) is 0 Å². The van der Waals surface area contributed by atoms with Crippen molar-refractivity contribution >= 4 is 67.1 Å². The fourth-order valence-corrected chi connectivity index (χ4v) is 7.97. The number of H-pyrrole nitrogens is 1. The lowest BCUT2D eigenvalue weighted by atomic mass is 9.75. The Kier molecular flexibility index (Phi) is 4.81. The molecule has 5 heterocycles. The number of para-hydroxylation sites is 2. The number of imidazole rings is 1. The number of nitrogens with zero attached hydrogens (tertiary/aromatic N) is 5. The molecule has 2 unspecified atom stereocenters. The number of aromatic amines is 1. The largest absolute Gasteiger partial charge is 0.469 e. The molecular formula is C31H20N6O2S2. The van der Waals surface area contributed by atoms with E-state index in [1.165, 1.54) is 11.5 Å². The molecule has 198 valence electrons. The second-order valence-corrected chi connectivity index (χ2v) is 11.7. The van der Waals surface area contributed by atoms with Gasteiger partial charge in [0.15, 0.2) is 5.54 Å². The Morgan fingerprint density at radius 2 is 1.85 bits per heavy atom. The first-order valence-corrected chi connectivity index (χ1v) is 14.7. The molecule has 41 heavy (non-hydrogen) atoms. The summed E-state index contributed by atoms with van der Waals surface area (Å²) < 4.78 is 20.2. The Labute approximate surface area is 241 Å². The topological polar surface area (TPSA) is 87.2 Å².